The summed E-state index contributed by atoms with van der Waals surface area (Å²) in [5, 5.41) is 12.7. The first-order valence-electron chi connectivity index (χ1n) is 9.23. The Balaban J connectivity index is 1.42. The molecule has 1 saturated heterocycles. The molecule has 4 rings (SSSR count). The average molecular weight is 386 g/mol. The maximum Gasteiger partial charge on any atom is 0.231 e. The molecule has 142 valence electrons. The van der Waals surface area contributed by atoms with Crippen molar-refractivity contribution >= 4 is 34.0 Å². The van der Waals surface area contributed by atoms with Gasteiger partial charge in [0, 0.05) is 18.9 Å². The van der Waals surface area contributed by atoms with E-state index in [0.717, 1.165) is 17.8 Å². The van der Waals surface area contributed by atoms with Gasteiger partial charge in [0.05, 0.1) is 18.7 Å². The maximum atomic E-state index is 12.6. The molecule has 8 heteroatoms. The Kier molecular flexibility index (Phi) is 5.07. The van der Waals surface area contributed by atoms with E-state index in [9.17, 15) is 9.59 Å². The van der Waals surface area contributed by atoms with Crippen LogP contribution in [0.1, 0.15) is 43.0 Å². The van der Waals surface area contributed by atoms with Gasteiger partial charge < -0.3 is 15.0 Å². The molecule has 2 amide bonds. The summed E-state index contributed by atoms with van der Waals surface area (Å²) in [6, 6.07) is 7.34. The third-order valence-corrected chi connectivity index (χ3v) is 6.25. The molecule has 0 spiro atoms. The lowest BCUT2D eigenvalue weighted by atomic mass is 10.1. The molecule has 0 radical (unpaired) electrons. The van der Waals surface area contributed by atoms with Gasteiger partial charge in [0.1, 0.15) is 10.8 Å². The third-order valence-electron chi connectivity index (χ3n) is 5.25. The molecule has 2 heterocycles. The van der Waals surface area contributed by atoms with Gasteiger partial charge in [-0.2, -0.15) is 0 Å². The van der Waals surface area contributed by atoms with E-state index in [1.165, 1.54) is 24.2 Å². The van der Waals surface area contributed by atoms with Gasteiger partial charge in [-0.1, -0.05) is 36.3 Å². The van der Waals surface area contributed by atoms with E-state index in [1.54, 1.807) is 12.0 Å². The number of benzene rings is 1. The highest BCUT2D eigenvalue weighted by Crippen LogP contribution is 2.37. The Morgan fingerprint density at radius 3 is 2.81 bits per heavy atom. The summed E-state index contributed by atoms with van der Waals surface area (Å²) in [4.78, 5) is 26.7. The Bertz CT molecular complexity index is 847. The summed E-state index contributed by atoms with van der Waals surface area (Å²) in [5.74, 6) is 0.416. The van der Waals surface area contributed by atoms with E-state index in [2.05, 4.69) is 15.5 Å². The highest BCUT2D eigenvalue weighted by Gasteiger charge is 2.36. The Labute approximate surface area is 161 Å². The van der Waals surface area contributed by atoms with Crippen LogP contribution < -0.4 is 15.0 Å². The van der Waals surface area contributed by atoms with Crippen molar-refractivity contribution in [1.29, 1.82) is 0 Å². The van der Waals surface area contributed by atoms with Gasteiger partial charge in [-0.05, 0) is 25.0 Å². The van der Waals surface area contributed by atoms with Crippen molar-refractivity contribution in [2.24, 2.45) is 5.92 Å². The number of anilines is 2. The molecule has 1 aliphatic carbocycles. The zero-order chi connectivity index (χ0) is 18.8. The lowest BCUT2D eigenvalue weighted by Crippen LogP contribution is -2.28. The lowest BCUT2D eigenvalue weighted by molar-refractivity contribution is -0.122. The molecule has 2 fully saturated rings. The minimum atomic E-state index is -0.416. The SMILES string of the molecule is COc1ccccc1N1C[C@H](C(=O)Nc2nnc(C3CCCC3)s2)CC1=O. The highest BCUT2D eigenvalue weighted by atomic mass is 32.1. The van der Waals surface area contributed by atoms with Crippen LogP contribution in [-0.4, -0.2) is 35.7 Å². The molecule has 0 bridgehead atoms. The van der Waals surface area contributed by atoms with Crippen molar-refractivity contribution in [2.45, 2.75) is 38.0 Å². The van der Waals surface area contributed by atoms with Crippen molar-refractivity contribution < 1.29 is 14.3 Å². The van der Waals surface area contributed by atoms with Crippen LogP contribution in [0.3, 0.4) is 0 Å². The number of ether oxygens (including phenoxy) is 1. The summed E-state index contributed by atoms with van der Waals surface area (Å²) < 4.78 is 5.34. The number of para-hydroxylation sites is 2. The zero-order valence-electron chi connectivity index (χ0n) is 15.2. The predicted molar refractivity (Wildman–Crippen MR) is 103 cm³/mol. The summed E-state index contributed by atoms with van der Waals surface area (Å²) in [6.45, 7) is 0.333. The Morgan fingerprint density at radius 2 is 2.04 bits per heavy atom. The summed E-state index contributed by atoms with van der Waals surface area (Å²) in [7, 11) is 1.57. The van der Waals surface area contributed by atoms with Gasteiger partial charge in [0.2, 0.25) is 16.9 Å². The van der Waals surface area contributed by atoms with Gasteiger partial charge in [0.25, 0.3) is 0 Å². The number of amides is 2. The molecule has 1 aromatic carbocycles. The van der Waals surface area contributed by atoms with Gasteiger partial charge in [0.15, 0.2) is 0 Å². The number of rotatable bonds is 5. The van der Waals surface area contributed by atoms with Crippen molar-refractivity contribution in [3.63, 3.8) is 0 Å². The minimum Gasteiger partial charge on any atom is -0.495 e. The summed E-state index contributed by atoms with van der Waals surface area (Å²) in [6.07, 6.45) is 4.93. The van der Waals surface area contributed by atoms with Crippen molar-refractivity contribution in [2.75, 3.05) is 23.9 Å². The van der Waals surface area contributed by atoms with E-state index in [4.69, 9.17) is 4.74 Å². The fourth-order valence-electron chi connectivity index (χ4n) is 3.80. The molecular weight excluding hydrogens is 364 g/mol. The number of hydrogen-bond donors (Lipinski definition) is 1. The first-order valence-corrected chi connectivity index (χ1v) is 10.0. The Morgan fingerprint density at radius 1 is 1.26 bits per heavy atom. The standard InChI is InChI=1S/C19H22N4O3S/c1-26-15-9-5-4-8-14(15)23-11-13(10-16(23)24)17(25)20-19-22-21-18(27-19)12-6-2-3-7-12/h4-5,8-9,12-13H,2-3,6-7,10-11H2,1H3,(H,20,22,25)/t13-/m1/s1. The number of nitrogens with zero attached hydrogens (tertiary/aromatic N) is 3. The highest BCUT2D eigenvalue weighted by molar-refractivity contribution is 7.15. The molecule has 1 aromatic heterocycles. The number of methoxy groups -OCH3 is 1. The van der Waals surface area contributed by atoms with E-state index < -0.39 is 5.92 Å². The molecular formula is C19H22N4O3S. The van der Waals surface area contributed by atoms with Crippen LogP contribution in [0.5, 0.6) is 5.75 Å². The van der Waals surface area contributed by atoms with Gasteiger partial charge >= 0.3 is 0 Å². The summed E-state index contributed by atoms with van der Waals surface area (Å²) >= 11 is 1.45. The molecule has 2 aromatic rings. The molecule has 1 aliphatic heterocycles. The van der Waals surface area contributed by atoms with E-state index in [1.807, 2.05) is 24.3 Å². The van der Waals surface area contributed by atoms with Crippen LogP contribution in [0.15, 0.2) is 24.3 Å². The first kappa shape index (κ1) is 17.9. The molecule has 1 saturated carbocycles. The second kappa shape index (κ2) is 7.64. The quantitative estimate of drug-likeness (QED) is 0.853. The van der Waals surface area contributed by atoms with Crippen LogP contribution in [0, 0.1) is 5.92 Å². The number of carbonyl (C=O) groups is 2. The van der Waals surface area contributed by atoms with E-state index >= 15 is 0 Å². The lowest BCUT2D eigenvalue weighted by Gasteiger charge is -2.19. The van der Waals surface area contributed by atoms with E-state index in [0.29, 0.717) is 29.0 Å². The van der Waals surface area contributed by atoms with E-state index in [-0.39, 0.29) is 18.2 Å². The fourth-order valence-corrected chi connectivity index (χ4v) is 4.71. The molecule has 0 unspecified atom stereocenters. The second-order valence-corrected chi connectivity index (χ2v) is 8.00. The molecule has 27 heavy (non-hydrogen) atoms. The van der Waals surface area contributed by atoms with Gasteiger partial charge in [-0.3, -0.25) is 9.59 Å². The Hall–Kier alpha value is -2.48. The minimum absolute atomic E-state index is 0.0800. The molecule has 2 aliphatic rings. The normalized spacial score (nSPS) is 20.3. The average Bonchev–Trinajstić information content (AvgIpc) is 3.42. The molecule has 7 nitrogen and oxygen atoms in total. The molecule has 1 N–H and O–H groups in total. The van der Waals surface area contributed by atoms with Crippen LogP contribution in [0.2, 0.25) is 0 Å². The van der Waals surface area contributed by atoms with Crippen LogP contribution in [0.4, 0.5) is 10.8 Å². The van der Waals surface area contributed by atoms with Crippen molar-refractivity contribution in [3.05, 3.63) is 29.3 Å². The molecule has 1 atom stereocenters. The monoisotopic (exact) mass is 386 g/mol. The predicted octanol–water partition coefficient (Wildman–Crippen LogP) is 3.20. The maximum absolute atomic E-state index is 12.6. The number of carbonyl (C=O) groups excluding carboxylic acids is 2. The van der Waals surface area contributed by atoms with Crippen LogP contribution in [-0.2, 0) is 9.59 Å². The smallest absolute Gasteiger partial charge is 0.231 e. The number of nitrogens with one attached hydrogen (secondary N) is 1. The van der Waals surface area contributed by atoms with Gasteiger partial charge in [-0.15, -0.1) is 10.2 Å². The van der Waals surface area contributed by atoms with Crippen LogP contribution >= 0.6 is 11.3 Å². The van der Waals surface area contributed by atoms with Crippen LogP contribution in [0.25, 0.3) is 0 Å². The number of aromatic nitrogens is 2. The second-order valence-electron chi connectivity index (χ2n) is 6.99. The fraction of sp³-hybridized carbons (Fsp3) is 0.474. The third kappa shape index (κ3) is 3.66. The largest absolute Gasteiger partial charge is 0.495 e. The number of hydrogen-bond acceptors (Lipinski definition) is 6. The van der Waals surface area contributed by atoms with Crippen molar-refractivity contribution in [3.8, 4) is 5.75 Å². The van der Waals surface area contributed by atoms with Crippen molar-refractivity contribution in [1.82, 2.24) is 10.2 Å². The van der Waals surface area contributed by atoms with Gasteiger partial charge in [-0.25, -0.2) is 0 Å². The zero-order valence-corrected chi connectivity index (χ0v) is 16.0. The topological polar surface area (TPSA) is 84.4 Å². The summed E-state index contributed by atoms with van der Waals surface area (Å²) in [5.41, 5.74) is 0.694. The first-order chi connectivity index (χ1) is 13.2.